The molecule has 1 rings (SSSR count). The maximum Gasteiger partial charge on any atom is 0.0628 e. The molecule has 12 heavy (non-hydrogen) atoms. The summed E-state index contributed by atoms with van der Waals surface area (Å²) < 4.78 is 0. The zero-order chi connectivity index (χ0) is 9.19. The molecule has 0 amide bonds. The molecule has 0 aromatic heterocycles. The summed E-state index contributed by atoms with van der Waals surface area (Å²) in [4.78, 5) is 0. The Morgan fingerprint density at radius 1 is 1.42 bits per heavy atom. The highest BCUT2D eigenvalue weighted by Crippen LogP contribution is 2.28. The van der Waals surface area contributed by atoms with Crippen LogP contribution >= 0.6 is 0 Å². The van der Waals surface area contributed by atoms with Crippen LogP contribution in [0.4, 0.5) is 0 Å². The number of piperidine rings is 1. The standard InChI is InChI=1S/C10H21NO/c1-10(2,3)9(12)8-5-4-6-11-7-8/h8-9,11-12H,4-7H2,1-3H3/t8-,9+/m1/s1. The van der Waals surface area contributed by atoms with E-state index in [4.69, 9.17) is 0 Å². The van der Waals surface area contributed by atoms with E-state index in [0.717, 1.165) is 13.1 Å². The minimum absolute atomic E-state index is 0.0314. The summed E-state index contributed by atoms with van der Waals surface area (Å²) in [5.74, 6) is 0.457. The van der Waals surface area contributed by atoms with Gasteiger partial charge in [0.1, 0.15) is 0 Å². The lowest BCUT2D eigenvalue weighted by Crippen LogP contribution is -2.42. The SMILES string of the molecule is CC(C)(C)[C@@H](O)[C@@H]1CCCNC1. The van der Waals surface area contributed by atoms with Crippen molar-refractivity contribution in [3.8, 4) is 0 Å². The summed E-state index contributed by atoms with van der Waals surface area (Å²) in [7, 11) is 0. The molecule has 2 atom stereocenters. The van der Waals surface area contributed by atoms with Crippen molar-refractivity contribution in [2.75, 3.05) is 13.1 Å². The van der Waals surface area contributed by atoms with Crippen molar-refractivity contribution in [1.82, 2.24) is 5.32 Å². The zero-order valence-electron chi connectivity index (χ0n) is 8.43. The molecule has 72 valence electrons. The molecule has 2 nitrogen and oxygen atoms in total. The Hall–Kier alpha value is -0.0800. The summed E-state index contributed by atoms with van der Waals surface area (Å²) in [6.07, 6.45) is 2.22. The van der Waals surface area contributed by atoms with Gasteiger partial charge < -0.3 is 10.4 Å². The van der Waals surface area contributed by atoms with Crippen molar-refractivity contribution in [2.24, 2.45) is 11.3 Å². The Morgan fingerprint density at radius 3 is 2.50 bits per heavy atom. The third-order valence-electron chi connectivity index (χ3n) is 2.67. The molecule has 2 N–H and O–H groups in total. The van der Waals surface area contributed by atoms with Crippen molar-refractivity contribution in [3.05, 3.63) is 0 Å². The third-order valence-corrected chi connectivity index (χ3v) is 2.67. The molecule has 1 fully saturated rings. The van der Waals surface area contributed by atoms with E-state index < -0.39 is 0 Å². The van der Waals surface area contributed by atoms with Crippen LogP contribution in [-0.4, -0.2) is 24.3 Å². The molecule has 0 aliphatic carbocycles. The highest BCUT2D eigenvalue weighted by molar-refractivity contribution is 4.83. The molecule has 1 aliphatic heterocycles. The van der Waals surface area contributed by atoms with Crippen LogP contribution in [0.2, 0.25) is 0 Å². The Kier molecular flexibility index (Phi) is 3.13. The van der Waals surface area contributed by atoms with E-state index in [9.17, 15) is 5.11 Å². The summed E-state index contributed by atoms with van der Waals surface area (Å²) in [5, 5.41) is 13.3. The first-order chi connectivity index (χ1) is 5.52. The van der Waals surface area contributed by atoms with E-state index in [1.165, 1.54) is 12.8 Å². The van der Waals surface area contributed by atoms with Crippen LogP contribution in [-0.2, 0) is 0 Å². The molecule has 1 aliphatic rings. The van der Waals surface area contributed by atoms with E-state index in [2.05, 4.69) is 26.1 Å². The summed E-state index contributed by atoms with van der Waals surface area (Å²) in [6.45, 7) is 8.41. The number of nitrogens with one attached hydrogen (secondary N) is 1. The van der Waals surface area contributed by atoms with Gasteiger partial charge in [-0.2, -0.15) is 0 Å². The first-order valence-electron chi connectivity index (χ1n) is 4.90. The van der Waals surface area contributed by atoms with Crippen LogP contribution in [0, 0.1) is 11.3 Å². The fourth-order valence-electron chi connectivity index (χ4n) is 1.86. The van der Waals surface area contributed by atoms with Crippen molar-refractivity contribution in [2.45, 2.75) is 39.7 Å². The Balaban J connectivity index is 2.45. The van der Waals surface area contributed by atoms with Gasteiger partial charge in [-0.1, -0.05) is 20.8 Å². The van der Waals surface area contributed by atoms with Gasteiger partial charge in [-0.3, -0.25) is 0 Å². The number of hydrogen-bond acceptors (Lipinski definition) is 2. The molecule has 0 aromatic rings. The molecule has 0 spiro atoms. The van der Waals surface area contributed by atoms with E-state index in [1.807, 2.05) is 0 Å². The van der Waals surface area contributed by atoms with E-state index >= 15 is 0 Å². The maximum absolute atomic E-state index is 9.97. The van der Waals surface area contributed by atoms with Gasteiger partial charge in [0.15, 0.2) is 0 Å². The quantitative estimate of drug-likeness (QED) is 0.625. The average molecular weight is 171 g/mol. The van der Waals surface area contributed by atoms with Crippen molar-refractivity contribution in [1.29, 1.82) is 0 Å². The summed E-state index contributed by atoms with van der Waals surface area (Å²) in [5.41, 5.74) is 0.0314. The second kappa shape index (κ2) is 3.75. The number of aliphatic hydroxyl groups is 1. The fraction of sp³-hybridized carbons (Fsp3) is 1.00. The van der Waals surface area contributed by atoms with Gasteiger partial charge in [-0.25, -0.2) is 0 Å². The van der Waals surface area contributed by atoms with Crippen LogP contribution in [0.1, 0.15) is 33.6 Å². The summed E-state index contributed by atoms with van der Waals surface area (Å²) >= 11 is 0. The van der Waals surface area contributed by atoms with Gasteiger partial charge in [0, 0.05) is 6.54 Å². The molecular formula is C10H21NO. The van der Waals surface area contributed by atoms with Crippen LogP contribution < -0.4 is 5.32 Å². The molecule has 1 saturated heterocycles. The normalized spacial score (nSPS) is 28.5. The lowest BCUT2D eigenvalue weighted by atomic mass is 9.78. The van der Waals surface area contributed by atoms with Crippen molar-refractivity contribution < 1.29 is 5.11 Å². The summed E-state index contributed by atoms with van der Waals surface area (Å²) in [6, 6.07) is 0. The van der Waals surface area contributed by atoms with Gasteiger partial charge in [-0.05, 0) is 30.7 Å². The Labute approximate surface area is 75.4 Å². The highest BCUT2D eigenvalue weighted by Gasteiger charge is 2.30. The van der Waals surface area contributed by atoms with Crippen LogP contribution in [0.15, 0.2) is 0 Å². The lowest BCUT2D eigenvalue weighted by molar-refractivity contribution is 0.00312. The number of hydrogen-bond donors (Lipinski definition) is 2. The van der Waals surface area contributed by atoms with E-state index in [-0.39, 0.29) is 11.5 Å². The smallest absolute Gasteiger partial charge is 0.0628 e. The maximum atomic E-state index is 9.97. The highest BCUT2D eigenvalue weighted by atomic mass is 16.3. The molecule has 0 bridgehead atoms. The van der Waals surface area contributed by atoms with E-state index in [0.29, 0.717) is 5.92 Å². The molecule has 1 heterocycles. The average Bonchev–Trinajstić information content (AvgIpc) is 2.03. The van der Waals surface area contributed by atoms with Crippen molar-refractivity contribution in [3.63, 3.8) is 0 Å². The minimum Gasteiger partial charge on any atom is -0.392 e. The van der Waals surface area contributed by atoms with Gasteiger partial charge in [-0.15, -0.1) is 0 Å². The third kappa shape index (κ3) is 2.46. The van der Waals surface area contributed by atoms with Gasteiger partial charge in [0.05, 0.1) is 6.10 Å². The molecule has 2 heteroatoms. The molecule has 0 unspecified atom stereocenters. The second-order valence-electron chi connectivity index (χ2n) is 4.92. The van der Waals surface area contributed by atoms with Crippen LogP contribution in [0.5, 0.6) is 0 Å². The van der Waals surface area contributed by atoms with Crippen LogP contribution in [0.25, 0.3) is 0 Å². The monoisotopic (exact) mass is 171 g/mol. The fourth-order valence-corrected chi connectivity index (χ4v) is 1.86. The van der Waals surface area contributed by atoms with E-state index in [1.54, 1.807) is 0 Å². The molecule has 0 saturated carbocycles. The number of aliphatic hydroxyl groups excluding tert-OH is 1. The predicted octanol–water partition coefficient (Wildman–Crippen LogP) is 1.39. The Bertz CT molecular complexity index is 133. The second-order valence-corrected chi connectivity index (χ2v) is 4.92. The lowest BCUT2D eigenvalue weighted by Gasteiger charge is -2.35. The first kappa shape index (κ1) is 10.0. The first-order valence-corrected chi connectivity index (χ1v) is 4.90. The van der Waals surface area contributed by atoms with Crippen LogP contribution in [0.3, 0.4) is 0 Å². The molecule has 0 aromatic carbocycles. The van der Waals surface area contributed by atoms with Gasteiger partial charge in [0.2, 0.25) is 0 Å². The predicted molar refractivity (Wildman–Crippen MR) is 51.1 cm³/mol. The topological polar surface area (TPSA) is 32.3 Å². The minimum atomic E-state index is -0.162. The largest absolute Gasteiger partial charge is 0.392 e. The van der Waals surface area contributed by atoms with Gasteiger partial charge in [0.25, 0.3) is 0 Å². The van der Waals surface area contributed by atoms with Crippen molar-refractivity contribution >= 4 is 0 Å². The van der Waals surface area contributed by atoms with Gasteiger partial charge >= 0.3 is 0 Å². The molecular weight excluding hydrogens is 150 g/mol. The Morgan fingerprint density at radius 2 is 2.08 bits per heavy atom. The molecule has 0 radical (unpaired) electrons. The number of rotatable bonds is 1. The zero-order valence-corrected chi connectivity index (χ0v) is 8.43.